The average Bonchev–Trinajstić information content (AvgIpc) is 3.60. The van der Waals surface area contributed by atoms with E-state index in [-0.39, 0.29) is 6.04 Å². The number of nitrogens with zero attached hydrogens (tertiary/aromatic N) is 3. The van der Waals surface area contributed by atoms with E-state index in [1.54, 1.807) is 0 Å². The molecule has 3 aliphatic rings. The van der Waals surface area contributed by atoms with Gasteiger partial charge >= 0.3 is 0 Å². The van der Waals surface area contributed by atoms with Gasteiger partial charge < -0.3 is 14.0 Å². The molecule has 6 aromatic rings. The second kappa shape index (κ2) is 10.3. The molecule has 0 radical (unpaired) electrons. The fourth-order valence-electron chi connectivity index (χ4n) is 7.62. The summed E-state index contributed by atoms with van der Waals surface area (Å²) in [6.45, 7) is 4.34. The van der Waals surface area contributed by atoms with Gasteiger partial charge in [-0.1, -0.05) is 97.6 Å². The zero-order valence-electron chi connectivity index (χ0n) is 25.1. The summed E-state index contributed by atoms with van der Waals surface area (Å²) >= 11 is 0. The molecule has 3 heterocycles. The quantitative estimate of drug-likeness (QED) is 0.203. The zero-order chi connectivity index (χ0) is 29.9. The Morgan fingerprint density at radius 2 is 1.47 bits per heavy atom. The lowest BCUT2D eigenvalue weighted by molar-refractivity contribution is 0.770. The van der Waals surface area contributed by atoms with Crippen LogP contribution in [0.4, 0.5) is 5.69 Å². The van der Waals surface area contributed by atoms with Crippen LogP contribution < -0.4 is 4.90 Å². The van der Waals surface area contributed by atoms with Gasteiger partial charge in [-0.3, -0.25) is 0 Å². The van der Waals surface area contributed by atoms with Crippen molar-refractivity contribution < 1.29 is 0 Å². The predicted molar refractivity (Wildman–Crippen MR) is 192 cm³/mol. The summed E-state index contributed by atoms with van der Waals surface area (Å²) < 4.78 is 4.97. The molecule has 1 aliphatic heterocycles. The van der Waals surface area contributed by atoms with Gasteiger partial charge in [0.25, 0.3) is 0 Å². The van der Waals surface area contributed by atoms with Crippen molar-refractivity contribution in [2.75, 3.05) is 4.90 Å². The van der Waals surface area contributed by atoms with Crippen LogP contribution in [0.25, 0.3) is 55.7 Å². The molecule has 0 fully saturated rings. The summed E-state index contributed by atoms with van der Waals surface area (Å²) in [6.07, 6.45) is 23.0. The summed E-state index contributed by atoms with van der Waals surface area (Å²) in [5, 5.41) is 3.89. The number of rotatable bonds is 3. The maximum absolute atomic E-state index is 4.34. The largest absolute Gasteiger partial charge is 0.340 e. The minimum atomic E-state index is 0.169. The first-order chi connectivity index (χ1) is 22.3. The van der Waals surface area contributed by atoms with Crippen LogP contribution >= 0.6 is 0 Å². The number of benzene rings is 4. The van der Waals surface area contributed by atoms with E-state index in [0.717, 1.165) is 24.8 Å². The molecule has 0 bridgehead atoms. The monoisotopic (exact) mass is 579 g/mol. The Kier molecular flexibility index (Phi) is 5.92. The number of anilines is 1. The number of hydrogen-bond donors (Lipinski definition) is 0. The number of allylic oxidation sites excluding steroid dienone is 7. The molecule has 3 heteroatoms. The van der Waals surface area contributed by atoms with E-state index in [9.17, 15) is 0 Å². The van der Waals surface area contributed by atoms with Gasteiger partial charge in [-0.2, -0.15) is 0 Å². The van der Waals surface area contributed by atoms with E-state index >= 15 is 0 Å². The molecule has 0 saturated carbocycles. The lowest BCUT2D eigenvalue weighted by Gasteiger charge is -2.33. The molecule has 45 heavy (non-hydrogen) atoms. The number of fused-ring (bicyclic) bond motifs is 7. The third kappa shape index (κ3) is 4.04. The molecular formula is C42H33N3. The van der Waals surface area contributed by atoms with Crippen LogP contribution in [0.3, 0.4) is 0 Å². The van der Waals surface area contributed by atoms with Crippen molar-refractivity contribution in [2.24, 2.45) is 0 Å². The Labute approximate surface area is 263 Å². The molecule has 2 aromatic heterocycles. The van der Waals surface area contributed by atoms with Crippen LogP contribution in [0.5, 0.6) is 0 Å². The van der Waals surface area contributed by atoms with Crippen LogP contribution in [-0.2, 0) is 6.42 Å². The number of aromatic nitrogens is 2. The Morgan fingerprint density at radius 3 is 2.38 bits per heavy atom. The molecule has 1 atom stereocenters. The lowest BCUT2D eigenvalue weighted by Crippen LogP contribution is -2.31. The smallest absolute Gasteiger partial charge is 0.0574 e. The summed E-state index contributed by atoms with van der Waals surface area (Å²) in [5.41, 5.74) is 12.4. The van der Waals surface area contributed by atoms with Gasteiger partial charge in [-0.15, -0.1) is 0 Å². The molecule has 4 aromatic carbocycles. The van der Waals surface area contributed by atoms with E-state index in [0.29, 0.717) is 0 Å². The average molecular weight is 580 g/mol. The molecule has 216 valence electrons. The van der Waals surface area contributed by atoms with Gasteiger partial charge in [0.15, 0.2) is 0 Å². The minimum absolute atomic E-state index is 0.169. The van der Waals surface area contributed by atoms with Crippen molar-refractivity contribution in [1.29, 1.82) is 0 Å². The molecule has 2 aliphatic carbocycles. The summed E-state index contributed by atoms with van der Waals surface area (Å²) in [4.78, 5) is 2.40. The van der Waals surface area contributed by atoms with Gasteiger partial charge in [0, 0.05) is 62.7 Å². The van der Waals surface area contributed by atoms with Crippen molar-refractivity contribution in [1.82, 2.24) is 9.13 Å². The van der Waals surface area contributed by atoms with Crippen LogP contribution in [0, 0.1) is 0 Å². The third-order valence-electron chi connectivity index (χ3n) is 9.63. The summed E-state index contributed by atoms with van der Waals surface area (Å²) in [5.74, 6) is 0. The number of para-hydroxylation sites is 3. The lowest BCUT2D eigenvalue weighted by atomic mass is 9.98. The van der Waals surface area contributed by atoms with Crippen molar-refractivity contribution in [3.05, 3.63) is 163 Å². The van der Waals surface area contributed by atoms with E-state index in [1.807, 2.05) is 0 Å². The van der Waals surface area contributed by atoms with Gasteiger partial charge in [0.2, 0.25) is 0 Å². The van der Waals surface area contributed by atoms with Gasteiger partial charge in [-0.25, -0.2) is 0 Å². The second-order valence-electron chi connectivity index (χ2n) is 12.2. The van der Waals surface area contributed by atoms with E-state index < -0.39 is 0 Å². The van der Waals surface area contributed by atoms with Crippen molar-refractivity contribution in [2.45, 2.75) is 25.3 Å². The predicted octanol–water partition coefficient (Wildman–Crippen LogP) is 10.5. The highest BCUT2D eigenvalue weighted by atomic mass is 15.2. The Balaban J connectivity index is 1.17. The van der Waals surface area contributed by atoms with Crippen LogP contribution in [0.15, 0.2) is 146 Å². The molecule has 0 N–H and O–H groups in total. The van der Waals surface area contributed by atoms with E-state index in [1.165, 1.54) is 66.6 Å². The summed E-state index contributed by atoms with van der Waals surface area (Å²) in [7, 11) is 0. The van der Waals surface area contributed by atoms with E-state index in [2.05, 4.69) is 166 Å². The molecular weight excluding hydrogens is 546 g/mol. The molecule has 0 spiro atoms. The van der Waals surface area contributed by atoms with Crippen molar-refractivity contribution in [3.8, 4) is 5.69 Å². The highest BCUT2D eigenvalue weighted by Gasteiger charge is 2.25. The fourth-order valence-corrected chi connectivity index (χ4v) is 7.62. The molecule has 9 rings (SSSR count). The Morgan fingerprint density at radius 1 is 0.689 bits per heavy atom. The first kappa shape index (κ1) is 25.9. The van der Waals surface area contributed by atoms with Crippen LogP contribution in [-0.4, -0.2) is 15.2 Å². The topological polar surface area (TPSA) is 13.1 Å². The fraction of sp³-hybridized carbons (Fsp3) is 0.0952. The SMILES string of the molecule is C=C1/C=C\C=C/N(C2C=CC=C(n3c4ccccc4c4cc(-n5c6c(c7ccccc75)C=CCC6)ccc43)C2)c2ccccc21. The maximum Gasteiger partial charge on any atom is 0.0574 e. The zero-order valence-corrected chi connectivity index (χ0v) is 25.1. The highest BCUT2D eigenvalue weighted by molar-refractivity contribution is 6.11. The first-order valence-corrected chi connectivity index (χ1v) is 15.9. The first-order valence-electron chi connectivity index (χ1n) is 15.9. The normalized spacial score (nSPS) is 18.9. The van der Waals surface area contributed by atoms with Crippen molar-refractivity contribution >= 4 is 55.7 Å². The second-order valence-corrected chi connectivity index (χ2v) is 12.2. The summed E-state index contributed by atoms with van der Waals surface area (Å²) in [6, 6.07) is 33.5. The Bertz CT molecular complexity index is 2330. The standard InChI is InChI=1S/C42H33N3/c1-29-13-10-11-26-43(38-20-6-2-16-33(29)38)30-14-12-15-31(27-30)44-41-23-9-5-19-36(41)37-28-32(24-25-42(37)44)45-39-21-7-3-17-34(39)35-18-4-8-22-40(35)45/h2-7,9-21,23-26,28,30H,1,8,22,27H2/b13-10-,26-11-. The van der Waals surface area contributed by atoms with Gasteiger partial charge in [0.1, 0.15) is 0 Å². The van der Waals surface area contributed by atoms with Crippen LogP contribution in [0.2, 0.25) is 0 Å². The van der Waals surface area contributed by atoms with Gasteiger partial charge in [0.05, 0.1) is 22.6 Å². The van der Waals surface area contributed by atoms with Crippen LogP contribution in [0.1, 0.15) is 29.7 Å². The molecule has 1 unspecified atom stereocenters. The third-order valence-corrected chi connectivity index (χ3v) is 9.63. The molecule has 0 amide bonds. The van der Waals surface area contributed by atoms with E-state index in [4.69, 9.17) is 0 Å². The molecule has 3 nitrogen and oxygen atoms in total. The molecule has 0 saturated heterocycles. The number of hydrogen-bond acceptors (Lipinski definition) is 1. The Hall–Kier alpha value is -5.54. The highest BCUT2D eigenvalue weighted by Crippen LogP contribution is 2.40. The maximum atomic E-state index is 4.34. The van der Waals surface area contributed by atoms with Crippen molar-refractivity contribution in [3.63, 3.8) is 0 Å². The minimum Gasteiger partial charge on any atom is -0.340 e. The van der Waals surface area contributed by atoms with Gasteiger partial charge in [-0.05, 0) is 67.0 Å².